The van der Waals surface area contributed by atoms with Crippen LogP contribution in [0.4, 0.5) is 0 Å². The number of halogens is 2. The summed E-state index contributed by atoms with van der Waals surface area (Å²) in [4.78, 5) is 12.6. The van der Waals surface area contributed by atoms with Crippen molar-refractivity contribution in [2.24, 2.45) is 5.10 Å². The Bertz CT molecular complexity index is 1420. The number of aryl methyl sites for hydroxylation is 1. The number of fused-ring (bicyclic) bond motifs is 3. The number of carbonyl (C=O) groups is 1. The maximum atomic E-state index is 12.6. The summed E-state index contributed by atoms with van der Waals surface area (Å²) in [5.74, 6) is 0.168. The number of carbonyl (C=O) groups excluding carboxylic acids is 1. The Morgan fingerprint density at radius 2 is 1.66 bits per heavy atom. The number of hydrogen-bond acceptors (Lipinski definition) is 3. The zero-order chi connectivity index (χ0) is 24.5. The molecule has 0 radical (unpaired) electrons. The van der Waals surface area contributed by atoms with Crippen molar-refractivity contribution in [3.05, 3.63) is 111 Å². The SMILES string of the molecule is Cc1cc(/C=N\NC(=O)CSC2c3ccccc3-c3ccccc32)c(C)n1-c1cccc(Cl)c1Cl. The van der Waals surface area contributed by atoms with Crippen molar-refractivity contribution >= 4 is 47.1 Å². The van der Waals surface area contributed by atoms with Crippen molar-refractivity contribution in [2.75, 3.05) is 5.75 Å². The standard InChI is InChI=1S/C28H23Cl2N3OS/c1-17-14-19(18(2)33(17)25-13-7-12-24(29)27(25)30)15-31-32-26(34)16-35-28-22-10-5-3-8-20(22)21-9-4-6-11-23(21)28/h3-15,28H,16H2,1-2H3,(H,32,34)/b31-15-. The van der Waals surface area contributed by atoms with Gasteiger partial charge in [-0.15, -0.1) is 11.8 Å². The van der Waals surface area contributed by atoms with Crippen molar-refractivity contribution in [2.45, 2.75) is 19.1 Å². The van der Waals surface area contributed by atoms with Crippen LogP contribution in [0.2, 0.25) is 10.0 Å². The van der Waals surface area contributed by atoms with Crippen LogP contribution in [0.5, 0.6) is 0 Å². The van der Waals surface area contributed by atoms with Gasteiger partial charge in [0.1, 0.15) is 0 Å². The Labute approximate surface area is 219 Å². The monoisotopic (exact) mass is 519 g/mol. The van der Waals surface area contributed by atoms with Gasteiger partial charge in [0.2, 0.25) is 5.91 Å². The molecule has 0 saturated heterocycles. The minimum Gasteiger partial charge on any atom is -0.316 e. The molecule has 0 atom stereocenters. The van der Waals surface area contributed by atoms with Gasteiger partial charge in [-0.25, -0.2) is 5.43 Å². The number of nitrogens with one attached hydrogen (secondary N) is 1. The van der Waals surface area contributed by atoms with Gasteiger partial charge < -0.3 is 4.57 Å². The molecule has 0 fully saturated rings. The molecule has 5 rings (SSSR count). The fraction of sp³-hybridized carbons (Fsp3) is 0.143. The molecule has 35 heavy (non-hydrogen) atoms. The Kier molecular flexibility index (Phi) is 6.74. The van der Waals surface area contributed by atoms with E-state index in [0.29, 0.717) is 15.8 Å². The molecule has 1 aliphatic carbocycles. The van der Waals surface area contributed by atoms with Gasteiger partial charge in [0, 0.05) is 17.0 Å². The van der Waals surface area contributed by atoms with Crippen LogP contribution in [0, 0.1) is 13.8 Å². The second-order valence-electron chi connectivity index (χ2n) is 8.39. The van der Waals surface area contributed by atoms with Crippen LogP contribution < -0.4 is 5.43 Å². The molecule has 1 N–H and O–H groups in total. The van der Waals surface area contributed by atoms with E-state index in [4.69, 9.17) is 23.2 Å². The molecule has 0 unspecified atom stereocenters. The van der Waals surface area contributed by atoms with Gasteiger partial charge >= 0.3 is 0 Å². The third-order valence-corrected chi connectivity index (χ3v) is 8.27. The van der Waals surface area contributed by atoms with Crippen molar-refractivity contribution in [1.82, 2.24) is 9.99 Å². The lowest BCUT2D eigenvalue weighted by Gasteiger charge is -2.12. The van der Waals surface area contributed by atoms with Crippen molar-refractivity contribution in [1.29, 1.82) is 0 Å². The molecule has 176 valence electrons. The Morgan fingerprint density at radius 1 is 1.00 bits per heavy atom. The van der Waals surface area contributed by atoms with Gasteiger partial charge in [-0.05, 0) is 54.3 Å². The Balaban J connectivity index is 1.26. The normalized spacial score (nSPS) is 12.7. The zero-order valence-corrected chi connectivity index (χ0v) is 21.6. The summed E-state index contributed by atoms with van der Waals surface area (Å²) in [7, 11) is 0. The van der Waals surface area contributed by atoms with E-state index in [1.54, 1.807) is 24.0 Å². The number of benzene rings is 3. The molecule has 7 heteroatoms. The third-order valence-electron chi connectivity index (χ3n) is 6.19. The average molecular weight is 520 g/mol. The van der Waals surface area contributed by atoms with E-state index in [-0.39, 0.29) is 11.2 Å². The summed E-state index contributed by atoms with van der Waals surface area (Å²) in [6.45, 7) is 3.98. The maximum Gasteiger partial charge on any atom is 0.250 e. The second-order valence-corrected chi connectivity index (χ2v) is 10.3. The number of amides is 1. The lowest BCUT2D eigenvalue weighted by Crippen LogP contribution is -2.20. The average Bonchev–Trinajstić information content (AvgIpc) is 3.33. The number of aromatic nitrogens is 1. The summed E-state index contributed by atoms with van der Waals surface area (Å²) < 4.78 is 2.03. The Morgan fingerprint density at radius 3 is 2.34 bits per heavy atom. The molecule has 0 bridgehead atoms. The van der Waals surface area contributed by atoms with Crippen molar-refractivity contribution < 1.29 is 4.79 Å². The Hall–Kier alpha value is -2.99. The maximum absolute atomic E-state index is 12.6. The third kappa shape index (κ3) is 4.52. The van der Waals surface area contributed by atoms with E-state index in [1.165, 1.54) is 22.3 Å². The van der Waals surface area contributed by atoms with Gasteiger partial charge in [0.15, 0.2) is 0 Å². The first kappa shape index (κ1) is 23.7. The van der Waals surface area contributed by atoms with E-state index in [9.17, 15) is 4.79 Å². The second kappa shape index (κ2) is 9.94. The van der Waals surface area contributed by atoms with E-state index < -0.39 is 0 Å². The molecule has 0 aliphatic heterocycles. The molecule has 3 aromatic carbocycles. The van der Waals surface area contributed by atoms with E-state index >= 15 is 0 Å². The van der Waals surface area contributed by atoms with Crippen molar-refractivity contribution in [3.8, 4) is 16.8 Å². The molecule has 1 aromatic heterocycles. The van der Waals surface area contributed by atoms with Crippen LogP contribution in [0.25, 0.3) is 16.8 Å². The highest BCUT2D eigenvalue weighted by atomic mass is 35.5. The molecule has 1 aliphatic rings. The van der Waals surface area contributed by atoms with Gasteiger partial charge in [-0.3, -0.25) is 4.79 Å². The number of nitrogens with zero attached hydrogens (tertiary/aromatic N) is 2. The smallest absolute Gasteiger partial charge is 0.250 e. The number of hydrogen-bond donors (Lipinski definition) is 1. The van der Waals surface area contributed by atoms with E-state index in [2.05, 4.69) is 59.1 Å². The molecular weight excluding hydrogens is 497 g/mol. The lowest BCUT2D eigenvalue weighted by atomic mass is 10.1. The van der Waals surface area contributed by atoms with E-state index in [0.717, 1.165) is 22.6 Å². The summed E-state index contributed by atoms with van der Waals surface area (Å²) >= 11 is 14.3. The van der Waals surface area contributed by atoms with Crippen LogP contribution in [-0.4, -0.2) is 22.4 Å². The lowest BCUT2D eigenvalue weighted by molar-refractivity contribution is -0.118. The number of hydrazone groups is 1. The molecule has 4 nitrogen and oxygen atoms in total. The highest BCUT2D eigenvalue weighted by Gasteiger charge is 2.28. The molecule has 4 aromatic rings. The largest absolute Gasteiger partial charge is 0.316 e. The minimum absolute atomic E-state index is 0.138. The topological polar surface area (TPSA) is 46.4 Å². The highest BCUT2D eigenvalue weighted by molar-refractivity contribution is 8.00. The number of thioether (sulfide) groups is 1. The van der Waals surface area contributed by atoms with Crippen LogP contribution in [-0.2, 0) is 4.79 Å². The first-order valence-corrected chi connectivity index (χ1v) is 13.0. The first-order valence-electron chi connectivity index (χ1n) is 11.2. The van der Waals surface area contributed by atoms with Gasteiger partial charge in [0.05, 0.1) is 33.0 Å². The fourth-order valence-electron chi connectivity index (χ4n) is 4.61. The number of rotatable bonds is 6. The summed E-state index contributed by atoms with van der Waals surface area (Å²) in [6, 6.07) is 24.4. The van der Waals surface area contributed by atoms with Gasteiger partial charge in [-0.1, -0.05) is 77.8 Å². The predicted molar refractivity (Wildman–Crippen MR) is 147 cm³/mol. The van der Waals surface area contributed by atoms with Crippen LogP contribution in [0.3, 0.4) is 0 Å². The van der Waals surface area contributed by atoms with Crippen molar-refractivity contribution in [3.63, 3.8) is 0 Å². The fourth-order valence-corrected chi connectivity index (χ4v) is 6.14. The quantitative estimate of drug-likeness (QED) is 0.213. The minimum atomic E-state index is -0.139. The van der Waals surface area contributed by atoms with Crippen LogP contribution in [0.1, 0.15) is 33.3 Å². The highest BCUT2D eigenvalue weighted by Crippen LogP contribution is 2.49. The van der Waals surface area contributed by atoms with Crippen LogP contribution in [0.15, 0.2) is 77.9 Å². The summed E-state index contributed by atoms with van der Waals surface area (Å²) in [6.07, 6.45) is 1.67. The zero-order valence-electron chi connectivity index (χ0n) is 19.3. The predicted octanol–water partition coefficient (Wildman–Crippen LogP) is 7.35. The molecule has 0 saturated carbocycles. The molecule has 1 amide bonds. The molecule has 0 spiro atoms. The molecular formula is C28H23Cl2N3OS. The van der Waals surface area contributed by atoms with Gasteiger partial charge in [-0.2, -0.15) is 5.10 Å². The summed E-state index contributed by atoms with van der Waals surface area (Å²) in [5.41, 5.74) is 11.3. The first-order chi connectivity index (χ1) is 17.0. The summed E-state index contributed by atoms with van der Waals surface area (Å²) in [5, 5.41) is 5.36. The van der Waals surface area contributed by atoms with Gasteiger partial charge in [0.25, 0.3) is 0 Å². The molecule has 1 heterocycles. The van der Waals surface area contributed by atoms with Crippen LogP contribution >= 0.6 is 35.0 Å². The van der Waals surface area contributed by atoms with E-state index in [1.807, 2.05) is 36.6 Å².